The normalized spacial score (nSPS) is 9.46. The van der Waals surface area contributed by atoms with Gasteiger partial charge in [0.05, 0.1) is 23.4 Å². The summed E-state index contributed by atoms with van der Waals surface area (Å²) >= 11 is 5.73. The Balaban J connectivity index is 3.05. The molecular formula is C8H8ClNO3. The third-order valence-electron chi connectivity index (χ3n) is 1.50. The van der Waals surface area contributed by atoms with Crippen LogP contribution < -0.4 is 5.48 Å². The van der Waals surface area contributed by atoms with Gasteiger partial charge in [0.1, 0.15) is 0 Å². The van der Waals surface area contributed by atoms with Crippen LogP contribution in [-0.4, -0.2) is 18.3 Å². The number of ether oxygens (including phenoxy) is 1. The van der Waals surface area contributed by atoms with Crippen LogP contribution in [0.1, 0.15) is 10.4 Å². The molecule has 0 fully saturated rings. The van der Waals surface area contributed by atoms with E-state index in [1.54, 1.807) is 0 Å². The summed E-state index contributed by atoms with van der Waals surface area (Å²) in [6.07, 6.45) is 0. The zero-order valence-electron chi connectivity index (χ0n) is 6.87. The molecule has 1 aromatic carbocycles. The molecule has 0 bridgehead atoms. The maximum Gasteiger partial charge on any atom is 0.339 e. The Bertz CT molecular complexity index is 327. The molecule has 0 saturated carbocycles. The number of hydrogen-bond donors (Lipinski definition) is 2. The van der Waals surface area contributed by atoms with E-state index in [1.807, 2.05) is 5.48 Å². The van der Waals surface area contributed by atoms with Gasteiger partial charge in [-0.1, -0.05) is 11.6 Å². The number of carbonyl (C=O) groups is 1. The van der Waals surface area contributed by atoms with Crippen LogP contribution in [0.15, 0.2) is 18.2 Å². The van der Waals surface area contributed by atoms with Crippen LogP contribution in [0.5, 0.6) is 0 Å². The summed E-state index contributed by atoms with van der Waals surface area (Å²) < 4.78 is 4.48. The lowest BCUT2D eigenvalue weighted by Gasteiger charge is -2.03. The maximum atomic E-state index is 11.0. The first-order valence-corrected chi connectivity index (χ1v) is 3.85. The molecule has 1 rings (SSSR count). The molecule has 0 aliphatic rings. The van der Waals surface area contributed by atoms with Crippen LogP contribution in [-0.2, 0) is 4.74 Å². The first-order chi connectivity index (χ1) is 6.19. The number of nitrogens with one attached hydrogen (secondary N) is 1. The molecule has 13 heavy (non-hydrogen) atoms. The van der Waals surface area contributed by atoms with E-state index in [9.17, 15) is 4.79 Å². The Morgan fingerprint density at radius 1 is 1.62 bits per heavy atom. The average molecular weight is 202 g/mol. The van der Waals surface area contributed by atoms with Crippen molar-refractivity contribution in [2.45, 2.75) is 0 Å². The second-order valence-electron chi connectivity index (χ2n) is 2.30. The molecule has 4 nitrogen and oxygen atoms in total. The van der Waals surface area contributed by atoms with Crippen molar-refractivity contribution in [1.29, 1.82) is 0 Å². The quantitative estimate of drug-likeness (QED) is 0.567. The first kappa shape index (κ1) is 9.83. The number of carbonyl (C=O) groups excluding carboxylic acids is 1. The summed E-state index contributed by atoms with van der Waals surface area (Å²) in [6.45, 7) is 0. The van der Waals surface area contributed by atoms with E-state index in [2.05, 4.69) is 4.74 Å². The van der Waals surface area contributed by atoms with Crippen molar-refractivity contribution < 1.29 is 14.7 Å². The maximum absolute atomic E-state index is 11.0. The summed E-state index contributed by atoms with van der Waals surface area (Å²) in [5.74, 6) is -0.505. The van der Waals surface area contributed by atoms with Crippen LogP contribution in [0.2, 0.25) is 5.02 Å². The Morgan fingerprint density at radius 2 is 2.31 bits per heavy atom. The SMILES string of the molecule is COC(=O)c1ccc(NO)cc1Cl. The van der Waals surface area contributed by atoms with Gasteiger partial charge in [0, 0.05) is 0 Å². The van der Waals surface area contributed by atoms with Gasteiger partial charge in [-0.3, -0.25) is 10.7 Å². The van der Waals surface area contributed by atoms with Crippen LogP contribution in [0.25, 0.3) is 0 Å². The van der Waals surface area contributed by atoms with E-state index in [1.165, 1.54) is 25.3 Å². The highest BCUT2D eigenvalue weighted by Crippen LogP contribution is 2.21. The van der Waals surface area contributed by atoms with Crippen molar-refractivity contribution in [1.82, 2.24) is 0 Å². The molecule has 0 unspecified atom stereocenters. The second-order valence-corrected chi connectivity index (χ2v) is 2.71. The molecule has 1 aromatic rings. The molecule has 0 amide bonds. The molecule has 0 radical (unpaired) electrons. The zero-order chi connectivity index (χ0) is 9.84. The van der Waals surface area contributed by atoms with Crippen LogP contribution in [0.3, 0.4) is 0 Å². The lowest BCUT2D eigenvalue weighted by atomic mass is 10.2. The molecule has 0 spiro atoms. The predicted octanol–water partition coefficient (Wildman–Crippen LogP) is 1.93. The number of anilines is 1. The average Bonchev–Trinajstić information content (AvgIpc) is 2.16. The number of benzene rings is 1. The van der Waals surface area contributed by atoms with Crippen molar-refractivity contribution in [3.63, 3.8) is 0 Å². The standard InChI is InChI=1S/C8H8ClNO3/c1-13-8(11)6-3-2-5(10-12)4-7(6)9/h2-4,10,12H,1H3. The van der Waals surface area contributed by atoms with E-state index in [0.717, 1.165) is 0 Å². The topological polar surface area (TPSA) is 58.6 Å². The molecule has 0 atom stereocenters. The highest BCUT2D eigenvalue weighted by atomic mass is 35.5. The van der Waals surface area contributed by atoms with Crippen molar-refractivity contribution in [3.05, 3.63) is 28.8 Å². The Morgan fingerprint density at radius 3 is 2.77 bits per heavy atom. The van der Waals surface area contributed by atoms with Crippen molar-refractivity contribution >= 4 is 23.3 Å². The molecule has 0 saturated heterocycles. The summed E-state index contributed by atoms with van der Waals surface area (Å²) in [4.78, 5) is 11.0. The van der Waals surface area contributed by atoms with Crippen LogP contribution >= 0.6 is 11.6 Å². The number of methoxy groups -OCH3 is 1. The summed E-state index contributed by atoms with van der Waals surface area (Å²) in [5.41, 5.74) is 2.60. The molecule has 0 heterocycles. The van der Waals surface area contributed by atoms with Crippen molar-refractivity contribution in [2.75, 3.05) is 12.6 Å². The van der Waals surface area contributed by atoms with Crippen molar-refractivity contribution in [2.24, 2.45) is 0 Å². The predicted molar refractivity (Wildman–Crippen MR) is 48.2 cm³/mol. The first-order valence-electron chi connectivity index (χ1n) is 3.47. The van der Waals surface area contributed by atoms with E-state index >= 15 is 0 Å². The van der Waals surface area contributed by atoms with E-state index in [-0.39, 0.29) is 10.6 Å². The Labute approximate surface area is 80.0 Å². The van der Waals surface area contributed by atoms with Gasteiger partial charge in [-0.2, -0.15) is 0 Å². The molecule has 5 heteroatoms. The van der Waals surface area contributed by atoms with E-state index in [0.29, 0.717) is 5.69 Å². The summed E-state index contributed by atoms with van der Waals surface area (Å²) in [7, 11) is 1.27. The molecule has 2 N–H and O–H groups in total. The van der Waals surface area contributed by atoms with Gasteiger partial charge < -0.3 is 4.74 Å². The zero-order valence-corrected chi connectivity index (χ0v) is 7.63. The highest BCUT2D eigenvalue weighted by Gasteiger charge is 2.10. The Hall–Kier alpha value is -1.26. The monoisotopic (exact) mass is 201 g/mol. The van der Waals surface area contributed by atoms with Crippen molar-refractivity contribution in [3.8, 4) is 0 Å². The molecule has 70 valence electrons. The highest BCUT2D eigenvalue weighted by molar-refractivity contribution is 6.33. The summed E-state index contributed by atoms with van der Waals surface area (Å²) in [5, 5.41) is 8.75. The fourth-order valence-corrected chi connectivity index (χ4v) is 1.12. The van der Waals surface area contributed by atoms with Crippen LogP contribution in [0.4, 0.5) is 5.69 Å². The van der Waals surface area contributed by atoms with Gasteiger partial charge in [-0.05, 0) is 18.2 Å². The van der Waals surface area contributed by atoms with Gasteiger partial charge >= 0.3 is 5.97 Å². The third kappa shape index (κ3) is 2.11. The lowest BCUT2D eigenvalue weighted by Crippen LogP contribution is -2.02. The number of hydrogen-bond acceptors (Lipinski definition) is 4. The Kier molecular flexibility index (Phi) is 3.11. The minimum Gasteiger partial charge on any atom is -0.465 e. The lowest BCUT2D eigenvalue weighted by molar-refractivity contribution is 0.0601. The molecular weight excluding hydrogens is 194 g/mol. The fraction of sp³-hybridized carbons (Fsp3) is 0.125. The van der Waals surface area contributed by atoms with Gasteiger partial charge in [0.15, 0.2) is 0 Å². The number of halogens is 1. The molecule has 0 aliphatic carbocycles. The number of rotatable bonds is 2. The smallest absolute Gasteiger partial charge is 0.339 e. The van der Waals surface area contributed by atoms with Crippen LogP contribution in [0, 0.1) is 0 Å². The van der Waals surface area contributed by atoms with Gasteiger partial charge in [0.25, 0.3) is 0 Å². The van der Waals surface area contributed by atoms with E-state index in [4.69, 9.17) is 16.8 Å². The van der Waals surface area contributed by atoms with E-state index < -0.39 is 5.97 Å². The number of esters is 1. The largest absolute Gasteiger partial charge is 0.465 e. The third-order valence-corrected chi connectivity index (χ3v) is 1.82. The molecule has 0 aliphatic heterocycles. The van der Waals surface area contributed by atoms with Gasteiger partial charge in [-0.25, -0.2) is 4.79 Å². The minimum absolute atomic E-state index is 0.228. The summed E-state index contributed by atoms with van der Waals surface area (Å²) in [6, 6.07) is 4.40. The van der Waals surface area contributed by atoms with Gasteiger partial charge in [-0.15, -0.1) is 0 Å². The molecule has 0 aromatic heterocycles. The minimum atomic E-state index is -0.505. The fourth-order valence-electron chi connectivity index (χ4n) is 0.860. The van der Waals surface area contributed by atoms with Gasteiger partial charge in [0.2, 0.25) is 0 Å². The second kappa shape index (κ2) is 4.11.